The molecule has 6 heteroatoms. The minimum absolute atomic E-state index is 0.131. The molecule has 1 aromatic carbocycles. The van der Waals surface area contributed by atoms with Crippen LogP contribution in [-0.2, 0) is 0 Å². The van der Waals surface area contributed by atoms with Crippen LogP contribution >= 0.6 is 0 Å². The first-order valence-corrected chi connectivity index (χ1v) is 5.73. The fraction of sp³-hybridized carbons (Fsp3) is 0.417. The number of primary amides is 1. The molecule has 0 heterocycles. The zero-order chi connectivity index (χ0) is 13.5. The summed E-state index contributed by atoms with van der Waals surface area (Å²) in [6.07, 6.45) is -0.416. The Hall–Kier alpha value is -1.66. The summed E-state index contributed by atoms with van der Waals surface area (Å²) < 4.78 is 13.4. The van der Waals surface area contributed by atoms with Crippen molar-refractivity contribution in [3.05, 3.63) is 29.6 Å². The summed E-state index contributed by atoms with van der Waals surface area (Å²) in [6, 6.07) is 4.29. The number of nitrogens with one attached hydrogen (secondary N) is 2. The third-order valence-electron chi connectivity index (χ3n) is 2.32. The molecule has 0 bridgehead atoms. The van der Waals surface area contributed by atoms with Gasteiger partial charge >= 0.3 is 0 Å². The lowest BCUT2D eigenvalue weighted by atomic mass is 10.1. The molecule has 100 valence electrons. The summed E-state index contributed by atoms with van der Waals surface area (Å²) in [5, 5.41) is 14.9. The molecule has 1 aromatic rings. The van der Waals surface area contributed by atoms with Crippen molar-refractivity contribution in [2.75, 3.05) is 25.0 Å². The smallest absolute Gasteiger partial charge is 0.253 e. The van der Waals surface area contributed by atoms with Crippen LogP contribution in [0.15, 0.2) is 18.2 Å². The minimum atomic E-state index is -0.799. The molecular weight excluding hydrogens is 237 g/mol. The number of aliphatic hydroxyl groups excluding tert-OH is 1. The summed E-state index contributed by atoms with van der Waals surface area (Å²) in [4.78, 5) is 11.1. The Morgan fingerprint density at radius 1 is 1.50 bits per heavy atom. The second-order valence-electron chi connectivity index (χ2n) is 4.01. The molecule has 5 nitrogen and oxygen atoms in total. The molecule has 0 saturated heterocycles. The van der Waals surface area contributed by atoms with Crippen molar-refractivity contribution >= 4 is 11.6 Å². The van der Waals surface area contributed by atoms with Crippen molar-refractivity contribution in [3.8, 4) is 0 Å². The first-order chi connectivity index (χ1) is 8.52. The predicted octanol–water partition coefficient (Wildman–Crippen LogP) is 0.307. The Morgan fingerprint density at radius 3 is 2.83 bits per heavy atom. The standard InChI is InChI=1S/C12H18FN3O2/c1-8(17)7-15-5-6-16-10-4-2-3-9(13)11(10)12(14)18/h2-4,8,15-17H,5-7H2,1H3,(H2,14,18). The van der Waals surface area contributed by atoms with E-state index in [1.807, 2.05) is 0 Å². The third-order valence-corrected chi connectivity index (χ3v) is 2.32. The van der Waals surface area contributed by atoms with Crippen LogP contribution in [0.1, 0.15) is 17.3 Å². The molecule has 0 fully saturated rings. The van der Waals surface area contributed by atoms with E-state index in [0.717, 1.165) is 0 Å². The van der Waals surface area contributed by atoms with E-state index in [2.05, 4.69) is 10.6 Å². The van der Waals surface area contributed by atoms with Gasteiger partial charge in [0.15, 0.2) is 0 Å². The monoisotopic (exact) mass is 255 g/mol. The van der Waals surface area contributed by atoms with Gasteiger partial charge in [0, 0.05) is 25.3 Å². The van der Waals surface area contributed by atoms with Crippen LogP contribution < -0.4 is 16.4 Å². The molecule has 5 N–H and O–H groups in total. The van der Waals surface area contributed by atoms with Crippen molar-refractivity contribution in [1.29, 1.82) is 0 Å². The summed E-state index contributed by atoms with van der Waals surface area (Å²) in [5.74, 6) is -1.43. The van der Waals surface area contributed by atoms with Crippen LogP contribution in [0, 0.1) is 5.82 Å². The van der Waals surface area contributed by atoms with Crippen molar-refractivity contribution < 1.29 is 14.3 Å². The van der Waals surface area contributed by atoms with Gasteiger partial charge < -0.3 is 21.5 Å². The molecule has 0 aliphatic rings. The maximum atomic E-state index is 13.4. The maximum absolute atomic E-state index is 13.4. The Morgan fingerprint density at radius 2 is 2.22 bits per heavy atom. The highest BCUT2D eigenvalue weighted by Gasteiger charge is 2.12. The Bertz CT molecular complexity index is 410. The molecule has 0 saturated carbocycles. The lowest BCUT2D eigenvalue weighted by Crippen LogP contribution is -2.29. The molecule has 0 aliphatic carbocycles. The summed E-state index contributed by atoms with van der Waals surface area (Å²) in [5.41, 5.74) is 5.36. The minimum Gasteiger partial charge on any atom is -0.392 e. The topological polar surface area (TPSA) is 87.4 Å². The Labute approximate surface area is 105 Å². The normalized spacial score (nSPS) is 12.2. The molecule has 1 rings (SSSR count). The quantitative estimate of drug-likeness (QED) is 0.528. The number of amides is 1. The maximum Gasteiger partial charge on any atom is 0.253 e. The second kappa shape index (κ2) is 6.93. The van der Waals surface area contributed by atoms with Gasteiger partial charge in [0.2, 0.25) is 0 Å². The number of carbonyl (C=O) groups excluding carboxylic acids is 1. The number of nitrogens with two attached hydrogens (primary N) is 1. The van der Waals surface area contributed by atoms with E-state index in [1.165, 1.54) is 12.1 Å². The Kier molecular flexibility index (Phi) is 5.54. The van der Waals surface area contributed by atoms with E-state index in [1.54, 1.807) is 13.0 Å². The van der Waals surface area contributed by atoms with Crippen LogP contribution in [0.3, 0.4) is 0 Å². The summed E-state index contributed by atoms with van der Waals surface area (Å²) >= 11 is 0. The lowest BCUT2D eigenvalue weighted by Gasteiger charge is -2.11. The lowest BCUT2D eigenvalue weighted by molar-refractivity contribution is 0.0997. The van der Waals surface area contributed by atoms with Gasteiger partial charge in [0.25, 0.3) is 5.91 Å². The second-order valence-corrected chi connectivity index (χ2v) is 4.01. The van der Waals surface area contributed by atoms with Gasteiger partial charge in [-0.05, 0) is 19.1 Å². The van der Waals surface area contributed by atoms with Gasteiger partial charge in [-0.2, -0.15) is 0 Å². The van der Waals surface area contributed by atoms with E-state index in [9.17, 15) is 9.18 Å². The molecule has 1 unspecified atom stereocenters. The predicted molar refractivity (Wildman–Crippen MR) is 68.0 cm³/mol. The van der Waals surface area contributed by atoms with Crippen molar-refractivity contribution in [2.45, 2.75) is 13.0 Å². The van der Waals surface area contributed by atoms with Gasteiger partial charge in [0.05, 0.1) is 11.7 Å². The van der Waals surface area contributed by atoms with Crippen LogP contribution in [0.5, 0.6) is 0 Å². The number of anilines is 1. The highest BCUT2D eigenvalue weighted by atomic mass is 19.1. The summed E-state index contributed by atoms with van der Waals surface area (Å²) in [7, 11) is 0. The molecule has 18 heavy (non-hydrogen) atoms. The number of benzene rings is 1. The SMILES string of the molecule is CC(O)CNCCNc1cccc(F)c1C(N)=O. The van der Waals surface area contributed by atoms with Gasteiger partial charge in [-0.3, -0.25) is 4.79 Å². The zero-order valence-corrected chi connectivity index (χ0v) is 10.2. The molecule has 0 radical (unpaired) electrons. The van der Waals surface area contributed by atoms with Crippen LogP contribution in [0.2, 0.25) is 0 Å². The van der Waals surface area contributed by atoms with Crippen LogP contribution in [0.25, 0.3) is 0 Å². The first-order valence-electron chi connectivity index (χ1n) is 5.73. The van der Waals surface area contributed by atoms with Gasteiger partial charge in [-0.25, -0.2) is 4.39 Å². The third kappa shape index (κ3) is 4.31. The Balaban J connectivity index is 2.52. The molecule has 1 amide bonds. The van der Waals surface area contributed by atoms with Gasteiger partial charge in [0.1, 0.15) is 5.82 Å². The van der Waals surface area contributed by atoms with E-state index in [4.69, 9.17) is 10.8 Å². The average Bonchev–Trinajstić information content (AvgIpc) is 2.27. The number of hydrogen-bond donors (Lipinski definition) is 4. The van der Waals surface area contributed by atoms with Gasteiger partial charge in [-0.1, -0.05) is 6.07 Å². The molecule has 0 aliphatic heterocycles. The van der Waals surface area contributed by atoms with Crippen molar-refractivity contribution in [1.82, 2.24) is 5.32 Å². The van der Waals surface area contributed by atoms with E-state index in [0.29, 0.717) is 25.3 Å². The fourth-order valence-corrected chi connectivity index (χ4v) is 1.52. The van der Waals surface area contributed by atoms with Gasteiger partial charge in [-0.15, -0.1) is 0 Å². The number of hydrogen-bond acceptors (Lipinski definition) is 4. The number of halogens is 1. The molecule has 0 spiro atoms. The highest BCUT2D eigenvalue weighted by molar-refractivity contribution is 5.98. The number of rotatable bonds is 7. The molecular formula is C12H18FN3O2. The highest BCUT2D eigenvalue weighted by Crippen LogP contribution is 2.17. The largest absolute Gasteiger partial charge is 0.392 e. The summed E-state index contributed by atoms with van der Waals surface area (Å²) in [6.45, 7) is 3.24. The zero-order valence-electron chi connectivity index (χ0n) is 10.2. The molecule has 0 aromatic heterocycles. The van der Waals surface area contributed by atoms with Crippen molar-refractivity contribution in [2.24, 2.45) is 5.73 Å². The van der Waals surface area contributed by atoms with Crippen molar-refractivity contribution in [3.63, 3.8) is 0 Å². The van der Waals surface area contributed by atoms with E-state index >= 15 is 0 Å². The fourth-order valence-electron chi connectivity index (χ4n) is 1.52. The van der Waals surface area contributed by atoms with E-state index < -0.39 is 17.8 Å². The van der Waals surface area contributed by atoms with Crippen LogP contribution in [0.4, 0.5) is 10.1 Å². The number of carbonyl (C=O) groups is 1. The number of aliphatic hydroxyl groups is 1. The first kappa shape index (κ1) is 14.4. The molecule has 1 atom stereocenters. The van der Waals surface area contributed by atoms with Crippen LogP contribution in [-0.4, -0.2) is 36.8 Å². The average molecular weight is 255 g/mol. The van der Waals surface area contributed by atoms with E-state index in [-0.39, 0.29) is 5.56 Å².